The molecule has 3 rings (SSSR count). The number of alkyl halides is 3. The molecule has 1 amide bonds. The fourth-order valence-corrected chi connectivity index (χ4v) is 4.22. The van der Waals surface area contributed by atoms with Crippen molar-refractivity contribution in [3.05, 3.63) is 35.9 Å². The molecule has 0 unspecified atom stereocenters. The molecule has 2 aliphatic rings. The van der Waals surface area contributed by atoms with Crippen molar-refractivity contribution in [1.29, 1.82) is 0 Å². The molecule has 0 aromatic heterocycles. The molecule has 8 heteroatoms. The summed E-state index contributed by atoms with van der Waals surface area (Å²) in [5, 5.41) is 9.08. The normalized spacial score (nSPS) is 24.5. The number of carboxylic acids is 1. The molecule has 0 spiro atoms. The molecule has 1 aromatic carbocycles. The second-order valence-electron chi connectivity index (χ2n) is 7.80. The van der Waals surface area contributed by atoms with E-state index in [1.807, 2.05) is 18.2 Å². The second kappa shape index (κ2) is 8.51. The quantitative estimate of drug-likeness (QED) is 0.829. The largest absolute Gasteiger partial charge is 0.481 e. The molecule has 2 heterocycles. The van der Waals surface area contributed by atoms with Gasteiger partial charge in [-0.15, -0.1) is 0 Å². The highest BCUT2D eigenvalue weighted by Crippen LogP contribution is 2.37. The van der Waals surface area contributed by atoms with Crippen molar-refractivity contribution in [3.8, 4) is 0 Å². The van der Waals surface area contributed by atoms with E-state index in [2.05, 4.69) is 12.1 Å². The van der Waals surface area contributed by atoms with Crippen LogP contribution in [0.2, 0.25) is 0 Å². The van der Waals surface area contributed by atoms with Crippen LogP contribution in [0.15, 0.2) is 30.3 Å². The van der Waals surface area contributed by atoms with Crippen LogP contribution in [0, 0.1) is 17.8 Å². The Labute approximate surface area is 162 Å². The zero-order chi connectivity index (χ0) is 20.3. The number of aliphatic carboxylic acids is 1. The number of hydrogen-bond donors (Lipinski definition) is 1. The Morgan fingerprint density at radius 3 is 2.25 bits per heavy atom. The molecule has 2 aliphatic heterocycles. The van der Waals surface area contributed by atoms with Gasteiger partial charge in [0.15, 0.2) is 0 Å². The van der Waals surface area contributed by atoms with E-state index >= 15 is 0 Å². The van der Waals surface area contributed by atoms with Crippen LogP contribution in [-0.4, -0.2) is 65.7 Å². The first-order valence-electron chi connectivity index (χ1n) is 9.57. The Hall–Kier alpha value is -2.09. The van der Waals surface area contributed by atoms with Crippen LogP contribution in [0.1, 0.15) is 18.4 Å². The van der Waals surface area contributed by atoms with Gasteiger partial charge in [0.2, 0.25) is 5.91 Å². The summed E-state index contributed by atoms with van der Waals surface area (Å²) in [4.78, 5) is 26.7. The Morgan fingerprint density at radius 2 is 1.71 bits per heavy atom. The maximum absolute atomic E-state index is 13.1. The number of hydrogen-bond acceptors (Lipinski definition) is 3. The molecular formula is C20H25F3N2O3. The highest BCUT2D eigenvalue weighted by Gasteiger charge is 2.52. The van der Waals surface area contributed by atoms with Gasteiger partial charge in [-0.25, -0.2) is 0 Å². The summed E-state index contributed by atoms with van der Waals surface area (Å²) in [5.41, 5.74) is 1.27. The average molecular weight is 398 g/mol. The van der Waals surface area contributed by atoms with E-state index in [0.29, 0.717) is 19.0 Å². The van der Waals surface area contributed by atoms with Gasteiger partial charge in [-0.2, -0.15) is 13.2 Å². The van der Waals surface area contributed by atoms with E-state index in [1.165, 1.54) is 10.5 Å². The van der Waals surface area contributed by atoms with Gasteiger partial charge >= 0.3 is 12.1 Å². The van der Waals surface area contributed by atoms with Gasteiger partial charge in [-0.1, -0.05) is 30.3 Å². The second-order valence-corrected chi connectivity index (χ2v) is 7.80. The number of halogens is 3. The van der Waals surface area contributed by atoms with Gasteiger partial charge in [0, 0.05) is 26.2 Å². The average Bonchev–Trinajstić information content (AvgIpc) is 3.08. The molecule has 154 valence electrons. The fraction of sp³-hybridized carbons (Fsp3) is 0.600. The van der Waals surface area contributed by atoms with Gasteiger partial charge in [-0.3, -0.25) is 14.5 Å². The number of carbonyl (C=O) groups excluding carboxylic acids is 1. The van der Waals surface area contributed by atoms with Crippen LogP contribution in [0.25, 0.3) is 0 Å². The molecule has 1 aromatic rings. The van der Waals surface area contributed by atoms with Crippen LogP contribution in [-0.2, 0) is 16.0 Å². The fourth-order valence-electron chi connectivity index (χ4n) is 4.22. The SMILES string of the molecule is O=C(O)[C@@H]1CN(CC(=O)N2CCC(Cc3ccccc3)CC2)C[C@H]1C(F)(F)F. The zero-order valence-electron chi connectivity index (χ0n) is 15.6. The summed E-state index contributed by atoms with van der Waals surface area (Å²) in [5.74, 6) is -4.62. The Morgan fingerprint density at radius 1 is 1.07 bits per heavy atom. The number of likely N-dealkylation sites (tertiary alicyclic amines) is 2. The Balaban J connectivity index is 1.49. The summed E-state index contributed by atoms with van der Waals surface area (Å²) in [7, 11) is 0. The number of nitrogens with zero attached hydrogens (tertiary/aromatic N) is 2. The van der Waals surface area contributed by atoms with Crippen LogP contribution in [0.4, 0.5) is 13.2 Å². The van der Waals surface area contributed by atoms with Gasteiger partial charge in [0.05, 0.1) is 18.4 Å². The molecule has 0 bridgehead atoms. The summed E-state index contributed by atoms with van der Waals surface area (Å²) in [6, 6.07) is 10.1. The zero-order valence-corrected chi connectivity index (χ0v) is 15.6. The number of amides is 1. The van der Waals surface area contributed by atoms with Crippen molar-refractivity contribution in [1.82, 2.24) is 9.80 Å². The molecule has 0 saturated carbocycles. The molecule has 2 saturated heterocycles. The topological polar surface area (TPSA) is 60.9 Å². The van der Waals surface area contributed by atoms with E-state index in [9.17, 15) is 22.8 Å². The standard InChI is InChI=1S/C20H25F3N2O3/c21-20(22,23)17-12-24(11-16(17)19(27)28)13-18(26)25-8-6-15(7-9-25)10-14-4-2-1-3-5-14/h1-5,15-17H,6-13H2,(H,27,28)/t16-,17-/m1/s1. The predicted octanol–water partition coefficient (Wildman–Crippen LogP) is 2.66. The van der Waals surface area contributed by atoms with Crippen LogP contribution >= 0.6 is 0 Å². The van der Waals surface area contributed by atoms with E-state index in [-0.39, 0.29) is 19.0 Å². The number of benzene rings is 1. The van der Waals surface area contributed by atoms with Crippen molar-refractivity contribution >= 4 is 11.9 Å². The van der Waals surface area contributed by atoms with Crippen molar-refractivity contribution in [2.24, 2.45) is 17.8 Å². The van der Waals surface area contributed by atoms with Crippen molar-refractivity contribution in [3.63, 3.8) is 0 Å². The van der Waals surface area contributed by atoms with E-state index in [4.69, 9.17) is 5.11 Å². The summed E-state index contributed by atoms with van der Waals surface area (Å²) in [6.07, 6.45) is -1.88. The highest BCUT2D eigenvalue weighted by atomic mass is 19.4. The van der Waals surface area contributed by atoms with Crippen molar-refractivity contribution in [2.75, 3.05) is 32.7 Å². The number of carboxylic acid groups (broad SMARTS) is 1. The van der Waals surface area contributed by atoms with E-state index < -0.39 is 30.5 Å². The lowest BCUT2D eigenvalue weighted by atomic mass is 9.90. The minimum atomic E-state index is -4.57. The Kier molecular flexibility index (Phi) is 6.27. The first-order chi connectivity index (χ1) is 13.2. The minimum Gasteiger partial charge on any atom is -0.481 e. The van der Waals surface area contributed by atoms with Crippen LogP contribution in [0.5, 0.6) is 0 Å². The lowest BCUT2D eigenvalue weighted by molar-refractivity contribution is -0.188. The molecule has 28 heavy (non-hydrogen) atoms. The first kappa shape index (κ1) is 20.6. The van der Waals surface area contributed by atoms with Gasteiger partial charge in [-0.05, 0) is 30.7 Å². The van der Waals surface area contributed by atoms with E-state index in [1.54, 1.807) is 4.90 Å². The maximum Gasteiger partial charge on any atom is 0.393 e. The lowest BCUT2D eigenvalue weighted by Gasteiger charge is -2.33. The summed E-state index contributed by atoms with van der Waals surface area (Å²) >= 11 is 0. The van der Waals surface area contributed by atoms with E-state index in [0.717, 1.165) is 19.3 Å². The molecule has 1 N–H and O–H groups in total. The molecule has 0 aliphatic carbocycles. The maximum atomic E-state index is 13.1. The summed E-state index contributed by atoms with van der Waals surface area (Å²) in [6.45, 7) is 0.358. The number of rotatable bonds is 5. The third-order valence-corrected chi connectivity index (χ3v) is 5.83. The van der Waals surface area contributed by atoms with Crippen LogP contribution in [0.3, 0.4) is 0 Å². The molecule has 0 radical (unpaired) electrons. The van der Waals surface area contributed by atoms with Crippen LogP contribution < -0.4 is 0 Å². The molecular weight excluding hydrogens is 373 g/mol. The van der Waals surface area contributed by atoms with Gasteiger partial charge in [0.1, 0.15) is 0 Å². The Bertz CT molecular complexity index is 688. The predicted molar refractivity (Wildman–Crippen MR) is 96.6 cm³/mol. The first-order valence-corrected chi connectivity index (χ1v) is 9.57. The van der Waals surface area contributed by atoms with Crippen molar-refractivity contribution in [2.45, 2.75) is 25.4 Å². The number of carbonyl (C=O) groups is 2. The number of piperidine rings is 1. The third-order valence-electron chi connectivity index (χ3n) is 5.83. The molecule has 2 fully saturated rings. The molecule has 5 nitrogen and oxygen atoms in total. The highest BCUT2D eigenvalue weighted by molar-refractivity contribution is 5.78. The summed E-state index contributed by atoms with van der Waals surface area (Å²) < 4.78 is 39.2. The van der Waals surface area contributed by atoms with Gasteiger partial charge < -0.3 is 10.0 Å². The van der Waals surface area contributed by atoms with Gasteiger partial charge in [0.25, 0.3) is 0 Å². The monoisotopic (exact) mass is 398 g/mol. The van der Waals surface area contributed by atoms with Crippen molar-refractivity contribution < 1.29 is 27.9 Å². The smallest absolute Gasteiger partial charge is 0.393 e. The third kappa shape index (κ3) is 5.04. The lowest BCUT2D eigenvalue weighted by Crippen LogP contribution is -2.44. The minimum absolute atomic E-state index is 0.153. The molecule has 2 atom stereocenters.